The van der Waals surface area contributed by atoms with Crippen LogP contribution in [0.25, 0.3) is 0 Å². The zero-order valence-electron chi connectivity index (χ0n) is 13.0. The molecule has 1 amide bonds. The van der Waals surface area contributed by atoms with Gasteiger partial charge in [-0.25, -0.2) is 9.78 Å². The van der Waals surface area contributed by atoms with Crippen molar-refractivity contribution >= 4 is 39.8 Å². The Bertz CT molecular complexity index is 557. The second-order valence-corrected chi connectivity index (χ2v) is 9.61. The molecule has 22 heavy (non-hydrogen) atoms. The smallest absolute Gasteiger partial charge is 0.410 e. The number of halogens is 1. The van der Waals surface area contributed by atoms with Gasteiger partial charge in [-0.1, -0.05) is 11.6 Å². The van der Waals surface area contributed by atoms with Crippen LogP contribution in [0.5, 0.6) is 0 Å². The Balaban J connectivity index is 1.78. The molecule has 0 unspecified atom stereocenters. The van der Waals surface area contributed by atoms with E-state index < -0.39 is 16.4 Å². The molecule has 0 radical (unpaired) electrons. The van der Waals surface area contributed by atoms with Crippen LogP contribution in [0.2, 0.25) is 4.47 Å². The molecule has 2 atom stereocenters. The highest BCUT2D eigenvalue weighted by Crippen LogP contribution is 2.23. The lowest BCUT2D eigenvalue weighted by Crippen LogP contribution is -2.35. The third kappa shape index (κ3) is 5.52. The lowest BCUT2D eigenvalue weighted by molar-refractivity contribution is 0.0289. The molecule has 1 fully saturated rings. The molecule has 8 heteroatoms. The molecule has 0 spiro atoms. The maximum absolute atomic E-state index is 12.2. The number of hydrogen-bond acceptors (Lipinski definition) is 5. The van der Waals surface area contributed by atoms with Crippen LogP contribution in [0.3, 0.4) is 0 Å². The van der Waals surface area contributed by atoms with Crippen molar-refractivity contribution in [3.05, 3.63) is 15.5 Å². The highest BCUT2D eigenvalue weighted by atomic mass is 35.5. The minimum absolute atomic E-state index is 0.261. The van der Waals surface area contributed by atoms with Crippen molar-refractivity contribution in [2.75, 3.05) is 18.8 Å². The van der Waals surface area contributed by atoms with E-state index in [1.807, 2.05) is 20.8 Å². The normalized spacial score (nSPS) is 20.2. The highest BCUT2D eigenvalue weighted by Gasteiger charge is 2.30. The molecule has 1 aliphatic heterocycles. The third-order valence-corrected chi connectivity index (χ3v) is 5.96. The first-order valence-corrected chi connectivity index (χ1v) is 9.84. The van der Waals surface area contributed by atoms with Gasteiger partial charge >= 0.3 is 6.09 Å². The molecule has 1 aromatic heterocycles. The summed E-state index contributed by atoms with van der Waals surface area (Å²) < 4.78 is 18.0. The van der Waals surface area contributed by atoms with Crippen LogP contribution in [0, 0.1) is 5.92 Å². The van der Waals surface area contributed by atoms with Crippen molar-refractivity contribution in [1.29, 1.82) is 0 Å². The number of carbonyl (C=O) groups is 1. The summed E-state index contributed by atoms with van der Waals surface area (Å²) in [4.78, 5) is 18.6. The van der Waals surface area contributed by atoms with E-state index in [0.29, 0.717) is 29.1 Å². The van der Waals surface area contributed by atoms with Gasteiger partial charge in [-0.3, -0.25) is 4.21 Å². The summed E-state index contributed by atoms with van der Waals surface area (Å²) in [5, 5.41) is 0. The second-order valence-electron chi connectivity index (χ2n) is 6.41. The number of hydrogen-bond donors (Lipinski definition) is 0. The van der Waals surface area contributed by atoms with E-state index in [-0.39, 0.29) is 12.0 Å². The quantitative estimate of drug-likeness (QED) is 0.822. The van der Waals surface area contributed by atoms with E-state index in [1.54, 1.807) is 11.1 Å². The van der Waals surface area contributed by atoms with Crippen molar-refractivity contribution in [3.63, 3.8) is 0 Å². The monoisotopic (exact) mass is 364 g/mol. The van der Waals surface area contributed by atoms with Crippen molar-refractivity contribution in [1.82, 2.24) is 9.88 Å². The van der Waals surface area contributed by atoms with Gasteiger partial charge in [0, 0.05) is 40.7 Å². The summed E-state index contributed by atoms with van der Waals surface area (Å²) in [5.41, 5.74) is -0.483. The topological polar surface area (TPSA) is 59.5 Å². The molecule has 1 saturated heterocycles. The molecule has 1 aromatic rings. The first kappa shape index (κ1) is 17.7. The lowest BCUT2D eigenvalue weighted by atomic mass is 10.2. The van der Waals surface area contributed by atoms with Gasteiger partial charge in [0.25, 0.3) is 0 Å². The van der Waals surface area contributed by atoms with Crippen molar-refractivity contribution in [2.24, 2.45) is 5.92 Å². The largest absolute Gasteiger partial charge is 0.444 e. The van der Waals surface area contributed by atoms with Gasteiger partial charge in [0.05, 0.1) is 5.75 Å². The van der Waals surface area contributed by atoms with E-state index >= 15 is 0 Å². The predicted molar refractivity (Wildman–Crippen MR) is 89.8 cm³/mol. The van der Waals surface area contributed by atoms with Gasteiger partial charge in [-0.05, 0) is 33.1 Å². The Morgan fingerprint density at radius 3 is 2.91 bits per heavy atom. The number of nitrogens with zero attached hydrogens (tertiary/aromatic N) is 2. The number of carbonyl (C=O) groups excluding carboxylic acids is 1. The molecular formula is C14H21ClN2O3S2. The summed E-state index contributed by atoms with van der Waals surface area (Å²) in [5.74, 6) is 1.33. The number of aromatic nitrogens is 1. The Hall–Kier alpha value is -0.660. The Kier molecular flexibility index (Phi) is 5.85. The first-order valence-electron chi connectivity index (χ1n) is 7.16. The molecule has 1 aliphatic rings. The predicted octanol–water partition coefficient (Wildman–Crippen LogP) is 3.30. The van der Waals surface area contributed by atoms with Crippen LogP contribution in [-0.2, 0) is 21.3 Å². The third-order valence-electron chi connectivity index (χ3n) is 3.19. The summed E-state index contributed by atoms with van der Waals surface area (Å²) in [7, 11) is -0.962. The zero-order valence-corrected chi connectivity index (χ0v) is 15.4. The van der Waals surface area contributed by atoms with Gasteiger partial charge in [-0.15, -0.1) is 11.3 Å². The summed E-state index contributed by atoms with van der Waals surface area (Å²) >= 11 is 7.13. The molecule has 0 N–H and O–H groups in total. The zero-order chi connectivity index (χ0) is 16.3. The molecule has 124 valence electrons. The van der Waals surface area contributed by atoms with E-state index in [9.17, 15) is 9.00 Å². The molecular weight excluding hydrogens is 344 g/mol. The Labute approximate surface area is 142 Å². The van der Waals surface area contributed by atoms with Gasteiger partial charge < -0.3 is 9.64 Å². The van der Waals surface area contributed by atoms with Gasteiger partial charge in [-0.2, -0.15) is 0 Å². The van der Waals surface area contributed by atoms with Crippen LogP contribution in [-0.4, -0.2) is 44.6 Å². The van der Waals surface area contributed by atoms with E-state index in [2.05, 4.69) is 4.98 Å². The highest BCUT2D eigenvalue weighted by molar-refractivity contribution is 7.84. The Morgan fingerprint density at radius 1 is 1.59 bits per heavy atom. The van der Waals surface area contributed by atoms with Gasteiger partial charge in [0.15, 0.2) is 4.47 Å². The van der Waals surface area contributed by atoms with E-state index in [0.717, 1.165) is 11.3 Å². The molecule has 0 bridgehead atoms. The van der Waals surface area contributed by atoms with Crippen LogP contribution in [0.4, 0.5) is 4.79 Å². The van der Waals surface area contributed by atoms with Crippen molar-refractivity contribution in [2.45, 2.75) is 38.5 Å². The fourth-order valence-electron chi connectivity index (χ4n) is 2.29. The van der Waals surface area contributed by atoms with E-state index in [4.69, 9.17) is 16.3 Å². The molecule has 2 rings (SSSR count). The van der Waals surface area contributed by atoms with Crippen LogP contribution in [0.1, 0.15) is 32.1 Å². The lowest BCUT2D eigenvalue weighted by Gasteiger charge is -2.24. The molecule has 0 aliphatic carbocycles. The summed E-state index contributed by atoms with van der Waals surface area (Å²) in [6.45, 7) is 6.85. The van der Waals surface area contributed by atoms with Gasteiger partial charge in [0.2, 0.25) is 0 Å². The molecule has 5 nitrogen and oxygen atoms in total. The van der Waals surface area contributed by atoms with Crippen molar-refractivity contribution < 1.29 is 13.7 Å². The molecule has 0 aromatic carbocycles. The number of ether oxygens (including phenoxy) is 1. The molecule has 0 saturated carbocycles. The second kappa shape index (κ2) is 7.27. The van der Waals surface area contributed by atoms with Crippen molar-refractivity contribution in [3.8, 4) is 0 Å². The Morgan fingerprint density at radius 2 is 2.32 bits per heavy atom. The maximum Gasteiger partial charge on any atom is 0.410 e. The summed E-state index contributed by atoms with van der Waals surface area (Å²) in [6, 6.07) is 0. The van der Waals surface area contributed by atoms with Crippen LogP contribution < -0.4 is 0 Å². The minimum atomic E-state index is -0.962. The average Bonchev–Trinajstić information content (AvgIpc) is 2.96. The SMILES string of the molecule is CC(C)(C)OC(=O)N1CC[C@@H](C[S@@](=O)Cc2cnc(Cl)s2)C1. The summed E-state index contributed by atoms with van der Waals surface area (Å²) in [6.07, 6.45) is 2.26. The number of amides is 1. The van der Waals surface area contributed by atoms with Crippen LogP contribution >= 0.6 is 22.9 Å². The number of rotatable bonds is 4. The maximum atomic E-state index is 12.2. The van der Waals surface area contributed by atoms with E-state index in [1.165, 1.54) is 11.3 Å². The average molecular weight is 365 g/mol. The van der Waals surface area contributed by atoms with Crippen LogP contribution in [0.15, 0.2) is 6.20 Å². The minimum Gasteiger partial charge on any atom is -0.444 e. The number of likely N-dealkylation sites (tertiary alicyclic amines) is 1. The number of thiazole rings is 1. The fourth-order valence-corrected chi connectivity index (χ4v) is 5.00. The van der Waals surface area contributed by atoms with Gasteiger partial charge in [0.1, 0.15) is 5.60 Å². The fraction of sp³-hybridized carbons (Fsp3) is 0.714. The molecule has 2 heterocycles. The first-order chi connectivity index (χ1) is 10.2. The standard InChI is InChI=1S/C14H21ClN2O3S2/c1-14(2,3)20-13(18)17-5-4-10(7-17)8-22(19)9-11-6-16-12(15)21-11/h6,10H,4-5,7-9H2,1-3H3/t10-,22-/m1/s1.